The second-order valence-corrected chi connectivity index (χ2v) is 6.75. The van der Waals surface area contributed by atoms with Crippen molar-refractivity contribution in [2.75, 3.05) is 0 Å². The van der Waals surface area contributed by atoms with Gasteiger partial charge in [0.25, 0.3) is 0 Å². The summed E-state index contributed by atoms with van der Waals surface area (Å²) in [6.45, 7) is 6.05. The number of rotatable bonds is 1. The van der Waals surface area contributed by atoms with E-state index in [9.17, 15) is 4.79 Å². The summed E-state index contributed by atoms with van der Waals surface area (Å²) >= 11 is 3.60. The first-order valence-corrected chi connectivity index (χ1v) is 6.14. The van der Waals surface area contributed by atoms with Crippen molar-refractivity contribution in [1.29, 1.82) is 0 Å². The van der Waals surface area contributed by atoms with Gasteiger partial charge in [0.1, 0.15) is 4.32 Å². The standard InChI is InChI=1S/C11H20BrNO/c1-10(2,3)13-9(14)11(12)7-5-4-6-8-11/h4-8H2,1-3H3,(H,13,14). The molecular weight excluding hydrogens is 242 g/mol. The highest BCUT2D eigenvalue weighted by Gasteiger charge is 2.37. The summed E-state index contributed by atoms with van der Waals surface area (Å²) in [5.74, 6) is 0.157. The Bertz CT molecular complexity index is 214. The molecule has 0 aliphatic heterocycles. The number of hydrogen-bond donors (Lipinski definition) is 1. The van der Waals surface area contributed by atoms with Gasteiger partial charge in [-0.3, -0.25) is 4.79 Å². The fraction of sp³-hybridized carbons (Fsp3) is 0.909. The van der Waals surface area contributed by atoms with Crippen molar-refractivity contribution in [2.45, 2.75) is 62.7 Å². The minimum absolute atomic E-state index is 0.130. The van der Waals surface area contributed by atoms with Gasteiger partial charge in [-0.2, -0.15) is 0 Å². The highest BCUT2D eigenvalue weighted by atomic mass is 79.9. The molecule has 1 amide bonds. The van der Waals surface area contributed by atoms with Crippen molar-refractivity contribution >= 4 is 21.8 Å². The van der Waals surface area contributed by atoms with Crippen LogP contribution in [0.1, 0.15) is 52.9 Å². The number of halogens is 1. The van der Waals surface area contributed by atoms with Crippen molar-refractivity contribution in [3.63, 3.8) is 0 Å². The Morgan fingerprint density at radius 3 is 2.14 bits per heavy atom. The van der Waals surface area contributed by atoms with E-state index in [0.29, 0.717) is 0 Å². The lowest BCUT2D eigenvalue weighted by Gasteiger charge is -2.33. The summed E-state index contributed by atoms with van der Waals surface area (Å²) in [6, 6.07) is 0. The van der Waals surface area contributed by atoms with Crippen LogP contribution in [-0.2, 0) is 4.79 Å². The van der Waals surface area contributed by atoms with Gasteiger partial charge < -0.3 is 5.32 Å². The lowest BCUT2D eigenvalue weighted by atomic mass is 9.87. The number of carbonyl (C=O) groups excluding carboxylic acids is 1. The molecule has 0 bridgehead atoms. The van der Waals surface area contributed by atoms with E-state index >= 15 is 0 Å². The van der Waals surface area contributed by atoms with Gasteiger partial charge in [0.2, 0.25) is 5.91 Å². The Morgan fingerprint density at radius 2 is 1.71 bits per heavy atom. The predicted octanol–water partition coefficient (Wildman–Crippen LogP) is 3.00. The Balaban J connectivity index is 2.58. The molecule has 1 saturated carbocycles. The molecule has 1 rings (SSSR count). The maximum absolute atomic E-state index is 12.0. The summed E-state index contributed by atoms with van der Waals surface area (Å²) in [4.78, 5) is 12.0. The molecule has 0 saturated heterocycles. The molecular formula is C11H20BrNO. The summed E-state index contributed by atoms with van der Waals surface area (Å²) in [5, 5.41) is 3.04. The highest BCUT2D eigenvalue weighted by Crippen LogP contribution is 2.36. The van der Waals surface area contributed by atoms with E-state index < -0.39 is 0 Å². The summed E-state index contributed by atoms with van der Waals surface area (Å²) in [7, 11) is 0. The Hall–Kier alpha value is -0.0500. The molecule has 82 valence electrons. The Kier molecular flexibility index (Phi) is 3.62. The molecule has 0 aromatic carbocycles. The van der Waals surface area contributed by atoms with Crippen LogP contribution in [0, 0.1) is 0 Å². The van der Waals surface area contributed by atoms with Gasteiger partial charge in [0.05, 0.1) is 0 Å². The molecule has 1 fully saturated rings. The molecule has 1 aliphatic carbocycles. The molecule has 0 heterocycles. The van der Waals surface area contributed by atoms with Gasteiger partial charge in [-0.15, -0.1) is 0 Å². The smallest absolute Gasteiger partial charge is 0.237 e. The number of alkyl halides is 1. The minimum atomic E-state index is -0.293. The van der Waals surface area contributed by atoms with Gasteiger partial charge in [-0.05, 0) is 33.6 Å². The van der Waals surface area contributed by atoms with Gasteiger partial charge in [-0.1, -0.05) is 35.2 Å². The molecule has 2 nitrogen and oxygen atoms in total. The summed E-state index contributed by atoms with van der Waals surface area (Å²) < 4.78 is -0.293. The van der Waals surface area contributed by atoms with E-state index in [-0.39, 0.29) is 15.8 Å². The van der Waals surface area contributed by atoms with Crippen LogP contribution >= 0.6 is 15.9 Å². The second-order valence-electron chi connectivity index (χ2n) is 5.23. The third-order valence-electron chi connectivity index (χ3n) is 2.54. The quantitative estimate of drug-likeness (QED) is 0.723. The van der Waals surface area contributed by atoms with Crippen LogP contribution in [0.25, 0.3) is 0 Å². The van der Waals surface area contributed by atoms with Gasteiger partial charge in [-0.25, -0.2) is 0 Å². The van der Waals surface area contributed by atoms with Crippen molar-refractivity contribution in [2.24, 2.45) is 0 Å². The maximum Gasteiger partial charge on any atom is 0.237 e. The highest BCUT2D eigenvalue weighted by molar-refractivity contribution is 9.10. The third kappa shape index (κ3) is 3.26. The van der Waals surface area contributed by atoms with Crippen molar-refractivity contribution < 1.29 is 4.79 Å². The van der Waals surface area contributed by atoms with E-state index in [4.69, 9.17) is 0 Å². The van der Waals surface area contributed by atoms with E-state index in [2.05, 4.69) is 21.2 Å². The van der Waals surface area contributed by atoms with Crippen LogP contribution < -0.4 is 5.32 Å². The average Bonchev–Trinajstić information content (AvgIpc) is 2.02. The first-order valence-electron chi connectivity index (χ1n) is 5.35. The molecule has 0 atom stereocenters. The van der Waals surface area contributed by atoms with Crippen LogP contribution in [0.2, 0.25) is 0 Å². The monoisotopic (exact) mass is 261 g/mol. The molecule has 0 unspecified atom stereocenters. The van der Waals surface area contributed by atoms with Gasteiger partial charge >= 0.3 is 0 Å². The molecule has 0 spiro atoms. The van der Waals surface area contributed by atoms with Gasteiger partial charge in [0.15, 0.2) is 0 Å². The lowest BCUT2D eigenvalue weighted by Crippen LogP contribution is -2.50. The molecule has 14 heavy (non-hydrogen) atoms. The van der Waals surface area contributed by atoms with Crippen molar-refractivity contribution in [3.05, 3.63) is 0 Å². The number of nitrogens with one attached hydrogen (secondary N) is 1. The normalized spacial score (nSPS) is 21.7. The van der Waals surface area contributed by atoms with E-state index in [1.54, 1.807) is 0 Å². The zero-order valence-corrected chi connectivity index (χ0v) is 10.9. The molecule has 0 aromatic heterocycles. The maximum atomic E-state index is 12.0. The predicted molar refractivity (Wildman–Crippen MR) is 62.6 cm³/mol. The average molecular weight is 262 g/mol. The second kappa shape index (κ2) is 4.21. The molecule has 1 N–H and O–H groups in total. The van der Waals surface area contributed by atoms with E-state index in [0.717, 1.165) is 25.7 Å². The molecule has 1 aliphatic rings. The first-order chi connectivity index (χ1) is 6.33. The largest absolute Gasteiger partial charge is 0.350 e. The number of amides is 1. The lowest BCUT2D eigenvalue weighted by molar-refractivity contribution is -0.125. The Labute approximate surface area is 95.0 Å². The topological polar surface area (TPSA) is 29.1 Å². The van der Waals surface area contributed by atoms with E-state index in [1.165, 1.54) is 6.42 Å². The zero-order valence-electron chi connectivity index (χ0n) is 9.32. The summed E-state index contributed by atoms with van der Waals surface area (Å²) in [5.41, 5.74) is -0.130. The van der Waals surface area contributed by atoms with Crippen LogP contribution in [0.5, 0.6) is 0 Å². The summed E-state index contributed by atoms with van der Waals surface area (Å²) in [6.07, 6.45) is 5.51. The van der Waals surface area contributed by atoms with Crippen LogP contribution in [0.15, 0.2) is 0 Å². The minimum Gasteiger partial charge on any atom is -0.350 e. The van der Waals surface area contributed by atoms with Gasteiger partial charge in [0, 0.05) is 5.54 Å². The zero-order chi connectivity index (χ0) is 10.8. The number of carbonyl (C=O) groups is 1. The van der Waals surface area contributed by atoms with E-state index in [1.807, 2.05) is 20.8 Å². The number of hydrogen-bond acceptors (Lipinski definition) is 1. The van der Waals surface area contributed by atoms with Crippen LogP contribution in [0.3, 0.4) is 0 Å². The first kappa shape index (κ1) is 12.0. The SMILES string of the molecule is CC(C)(C)NC(=O)C1(Br)CCCCC1. The molecule has 0 aromatic rings. The molecule has 0 radical (unpaired) electrons. The fourth-order valence-corrected chi connectivity index (χ4v) is 2.45. The third-order valence-corrected chi connectivity index (χ3v) is 3.69. The van der Waals surface area contributed by atoms with Crippen LogP contribution in [-0.4, -0.2) is 15.8 Å². The Morgan fingerprint density at radius 1 is 1.21 bits per heavy atom. The fourth-order valence-electron chi connectivity index (χ4n) is 1.79. The van der Waals surface area contributed by atoms with Crippen LogP contribution in [0.4, 0.5) is 0 Å². The van der Waals surface area contributed by atoms with Crippen molar-refractivity contribution in [1.82, 2.24) is 5.32 Å². The molecule has 3 heteroatoms. The van der Waals surface area contributed by atoms with Crippen molar-refractivity contribution in [3.8, 4) is 0 Å².